The standard InChI is InChI=1S/C12H8BrNO/c13-11-6-2-1-5-10(11)12-9(8-15)4-3-7-14-12/h1-8H. The van der Waals surface area contributed by atoms with Gasteiger partial charge < -0.3 is 0 Å². The summed E-state index contributed by atoms with van der Waals surface area (Å²) in [4.78, 5) is 15.1. The predicted octanol–water partition coefficient (Wildman–Crippen LogP) is 3.32. The van der Waals surface area contributed by atoms with Crippen molar-refractivity contribution in [2.75, 3.05) is 0 Å². The van der Waals surface area contributed by atoms with E-state index in [9.17, 15) is 4.79 Å². The molecule has 0 saturated carbocycles. The molecule has 3 heteroatoms. The summed E-state index contributed by atoms with van der Waals surface area (Å²) in [7, 11) is 0. The van der Waals surface area contributed by atoms with E-state index in [0.717, 1.165) is 16.3 Å². The van der Waals surface area contributed by atoms with Crippen molar-refractivity contribution < 1.29 is 4.79 Å². The first kappa shape index (κ1) is 10.1. The van der Waals surface area contributed by atoms with Gasteiger partial charge in [0.2, 0.25) is 0 Å². The molecule has 2 aromatic rings. The SMILES string of the molecule is O=Cc1cccnc1-c1ccccc1Br. The maximum atomic E-state index is 10.9. The third-order valence-electron chi connectivity index (χ3n) is 2.09. The van der Waals surface area contributed by atoms with Crippen molar-refractivity contribution in [1.82, 2.24) is 4.98 Å². The van der Waals surface area contributed by atoms with Gasteiger partial charge in [-0.2, -0.15) is 0 Å². The number of nitrogens with zero attached hydrogens (tertiary/aromatic N) is 1. The van der Waals surface area contributed by atoms with Gasteiger partial charge in [0.1, 0.15) is 0 Å². The molecule has 0 bridgehead atoms. The fourth-order valence-corrected chi connectivity index (χ4v) is 1.86. The van der Waals surface area contributed by atoms with Crippen LogP contribution in [0.25, 0.3) is 11.3 Å². The lowest BCUT2D eigenvalue weighted by Gasteiger charge is -2.05. The monoisotopic (exact) mass is 261 g/mol. The van der Waals surface area contributed by atoms with Crippen LogP contribution in [0.1, 0.15) is 10.4 Å². The van der Waals surface area contributed by atoms with Crippen molar-refractivity contribution in [2.24, 2.45) is 0 Å². The van der Waals surface area contributed by atoms with Crippen LogP contribution in [-0.2, 0) is 0 Å². The van der Waals surface area contributed by atoms with Crippen LogP contribution in [0.5, 0.6) is 0 Å². The zero-order chi connectivity index (χ0) is 10.7. The fourth-order valence-electron chi connectivity index (χ4n) is 1.39. The van der Waals surface area contributed by atoms with Gasteiger partial charge in [0, 0.05) is 21.8 Å². The van der Waals surface area contributed by atoms with Gasteiger partial charge in [0.05, 0.1) is 5.69 Å². The quantitative estimate of drug-likeness (QED) is 0.777. The van der Waals surface area contributed by atoms with Crippen molar-refractivity contribution in [3.8, 4) is 11.3 Å². The maximum Gasteiger partial charge on any atom is 0.152 e. The minimum Gasteiger partial charge on any atom is -0.298 e. The predicted molar refractivity (Wildman–Crippen MR) is 62.8 cm³/mol. The fraction of sp³-hybridized carbons (Fsp3) is 0. The molecule has 0 saturated heterocycles. The Bertz CT molecular complexity index is 496. The Labute approximate surface area is 96.1 Å². The van der Waals surface area contributed by atoms with Gasteiger partial charge in [-0.15, -0.1) is 0 Å². The lowest BCUT2D eigenvalue weighted by molar-refractivity contribution is 0.112. The lowest BCUT2D eigenvalue weighted by Crippen LogP contribution is -1.91. The molecule has 0 aliphatic carbocycles. The normalized spacial score (nSPS) is 9.93. The van der Waals surface area contributed by atoms with E-state index in [0.29, 0.717) is 11.3 Å². The highest BCUT2D eigenvalue weighted by atomic mass is 79.9. The average molecular weight is 262 g/mol. The van der Waals surface area contributed by atoms with Gasteiger partial charge in [-0.3, -0.25) is 9.78 Å². The summed E-state index contributed by atoms with van der Waals surface area (Å²) in [6.07, 6.45) is 2.50. The van der Waals surface area contributed by atoms with Gasteiger partial charge in [0.15, 0.2) is 6.29 Å². The van der Waals surface area contributed by atoms with Crippen LogP contribution in [0.15, 0.2) is 47.1 Å². The second kappa shape index (κ2) is 4.36. The molecule has 0 atom stereocenters. The zero-order valence-electron chi connectivity index (χ0n) is 7.85. The molecule has 0 unspecified atom stereocenters. The van der Waals surface area contributed by atoms with Gasteiger partial charge in [0.25, 0.3) is 0 Å². The summed E-state index contributed by atoms with van der Waals surface area (Å²) in [6, 6.07) is 11.2. The molecule has 0 radical (unpaired) electrons. The van der Waals surface area contributed by atoms with E-state index in [1.165, 1.54) is 0 Å². The van der Waals surface area contributed by atoms with Crippen LogP contribution in [-0.4, -0.2) is 11.3 Å². The first-order chi connectivity index (χ1) is 7.33. The number of carbonyl (C=O) groups is 1. The second-order valence-electron chi connectivity index (χ2n) is 3.04. The highest BCUT2D eigenvalue weighted by Gasteiger charge is 2.07. The van der Waals surface area contributed by atoms with Gasteiger partial charge in [-0.05, 0) is 18.2 Å². The van der Waals surface area contributed by atoms with Crippen LogP contribution < -0.4 is 0 Å². The Kier molecular flexibility index (Phi) is 2.92. The van der Waals surface area contributed by atoms with Crippen LogP contribution in [0.4, 0.5) is 0 Å². The smallest absolute Gasteiger partial charge is 0.152 e. The van der Waals surface area contributed by atoms with E-state index in [4.69, 9.17) is 0 Å². The number of aromatic nitrogens is 1. The second-order valence-corrected chi connectivity index (χ2v) is 3.89. The number of pyridine rings is 1. The topological polar surface area (TPSA) is 30.0 Å². The molecule has 1 aromatic heterocycles. The van der Waals surface area contributed by atoms with Crippen molar-refractivity contribution in [1.29, 1.82) is 0 Å². The summed E-state index contributed by atoms with van der Waals surface area (Å²) >= 11 is 3.44. The van der Waals surface area contributed by atoms with Gasteiger partial charge in [-0.25, -0.2) is 0 Å². The minimum atomic E-state index is 0.601. The van der Waals surface area contributed by atoms with Crippen molar-refractivity contribution in [2.45, 2.75) is 0 Å². The summed E-state index contributed by atoms with van der Waals surface area (Å²) in [5.41, 5.74) is 2.24. The molecule has 1 heterocycles. The molecule has 2 nitrogen and oxygen atoms in total. The summed E-state index contributed by atoms with van der Waals surface area (Å²) in [5, 5.41) is 0. The highest BCUT2D eigenvalue weighted by Crippen LogP contribution is 2.27. The Morgan fingerprint density at radius 2 is 1.93 bits per heavy atom. The molecule has 15 heavy (non-hydrogen) atoms. The molecule has 0 spiro atoms. The molecule has 1 aromatic carbocycles. The first-order valence-electron chi connectivity index (χ1n) is 4.48. The Morgan fingerprint density at radius 1 is 1.13 bits per heavy atom. The molecular formula is C12H8BrNO. The largest absolute Gasteiger partial charge is 0.298 e. The van der Waals surface area contributed by atoms with Crippen LogP contribution in [0, 0.1) is 0 Å². The minimum absolute atomic E-state index is 0.601. The lowest BCUT2D eigenvalue weighted by atomic mass is 10.1. The molecule has 0 amide bonds. The molecule has 2 rings (SSSR count). The first-order valence-corrected chi connectivity index (χ1v) is 5.27. The van der Waals surface area contributed by atoms with Crippen LogP contribution in [0.2, 0.25) is 0 Å². The number of benzene rings is 1. The molecule has 74 valence electrons. The molecule has 0 aliphatic rings. The third-order valence-corrected chi connectivity index (χ3v) is 2.79. The highest BCUT2D eigenvalue weighted by molar-refractivity contribution is 9.10. The number of halogens is 1. The van der Waals surface area contributed by atoms with E-state index in [-0.39, 0.29) is 0 Å². The number of hydrogen-bond donors (Lipinski definition) is 0. The molecule has 0 aliphatic heterocycles. The van der Waals surface area contributed by atoms with E-state index in [2.05, 4.69) is 20.9 Å². The summed E-state index contributed by atoms with van der Waals surface area (Å²) in [6.45, 7) is 0. The Morgan fingerprint density at radius 3 is 2.67 bits per heavy atom. The van der Waals surface area contributed by atoms with E-state index < -0.39 is 0 Å². The van der Waals surface area contributed by atoms with E-state index in [1.54, 1.807) is 18.3 Å². The summed E-state index contributed by atoms with van der Waals surface area (Å²) in [5.74, 6) is 0. The zero-order valence-corrected chi connectivity index (χ0v) is 9.44. The number of rotatable bonds is 2. The van der Waals surface area contributed by atoms with Crippen molar-refractivity contribution in [3.63, 3.8) is 0 Å². The van der Waals surface area contributed by atoms with Crippen molar-refractivity contribution >= 4 is 22.2 Å². The van der Waals surface area contributed by atoms with Gasteiger partial charge in [-0.1, -0.05) is 34.1 Å². The van der Waals surface area contributed by atoms with Gasteiger partial charge >= 0.3 is 0 Å². The summed E-state index contributed by atoms with van der Waals surface area (Å²) < 4.78 is 0.937. The molecule has 0 fully saturated rings. The molecule has 0 N–H and O–H groups in total. The molecular weight excluding hydrogens is 254 g/mol. The van der Waals surface area contributed by atoms with E-state index in [1.807, 2.05) is 24.3 Å². The van der Waals surface area contributed by atoms with Crippen LogP contribution >= 0.6 is 15.9 Å². The Hall–Kier alpha value is -1.48. The number of carbonyl (C=O) groups excluding carboxylic acids is 1. The Balaban J connectivity index is 2.64. The van der Waals surface area contributed by atoms with Crippen molar-refractivity contribution in [3.05, 3.63) is 52.6 Å². The third kappa shape index (κ3) is 1.97. The number of aldehydes is 1. The average Bonchev–Trinajstić information content (AvgIpc) is 2.30. The van der Waals surface area contributed by atoms with Crippen LogP contribution in [0.3, 0.4) is 0 Å². The number of hydrogen-bond acceptors (Lipinski definition) is 2. The maximum absolute atomic E-state index is 10.9. The van der Waals surface area contributed by atoms with E-state index >= 15 is 0 Å².